The molecule has 672 valence electrons. The summed E-state index contributed by atoms with van der Waals surface area (Å²) in [6, 6.07) is -14.9. The fourth-order valence-corrected chi connectivity index (χ4v) is 15.1. The molecule has 12 unspecified atom stereocenters. The summed E-state index contributed by atoms with van der Waals surface area (Å²) >= 11 is 0. The molecule has 24 nitrogen and oxygen atoms in total. The second-order valence-corrected chi connectivity index (χ2v) is 30.9. The molecule has 0 radical (unpaired) electrons. The number of carbonyl (C=O) groups excluding carboxylic acids is 4. The minimum Gasteiger partial charge on any atom is -0.493 e. The Bertz CT molecular complexity index is 6740. The van der Waals surface area contributed by atoms with Crippen molar-refractivity contribution in [3.63, 3.8) is 0 Å². The van der Waals surface area contributed by atoms with Gasteiger partial charge in [0.2, 0.25) is 0 Å². The van der Waals surface area contributed by atoms with Crippen molar-refractivity contribution < 1.29 is 158 Å². The zero-order valence-electron chi connectivity index (χ0n) is 130. The Morgan fingerprint density at radius 3 is 0.825 bits per heavy atom. The zero-order chi connectivity index (χ0) is 140. The van der Waals surface area contributed by atoms with Crippen LogP contribution in [0, 0.1) is 70.9 Å². The summed E-state index contributed by atoms with van der Waals surface area (Å²) in [5.74, 6) is -29.0. The highest BCUT2D eigenvalue weighted by atomic mass is 16.6. The molecule has 12 rings (SSSR count). The van der Waals surface area contributed by atoms with E-state index in [2.05, 4.69) is 0 Å². The van der Waals surface area contributed by atoms with Crippen molar-refractivity contribution in [1.29, 1.82) is 0 Å². The van der Waals surface area contributed by atoms with Crippen LogP contribution in [-0.4, -0.2) is 201 Å². The van der Waals surface area contributed by atoms with E-state index in [1.54, 1.807) is 41.5 Å². The summed E-state index contributed by atoms with van der Waals surface area (Å²) < 4.78 is 557. The van der Waals surface area contributed by atoms with Crippen LogP contribution in [0.2, 0.25) is 0 Å². The van der Waals surface area contributed by atoms with E-state index in [9.17, 15) is 27.4 Å². The maximum atomic E-state index is 13.6. The van der Waals surface area contributed by atoms with Gasteiger partial charge in [0.1, 0.15) is 48.4 Å². The van der Waals surface area contributed by atoms with Gasteiger partial charge in [0.05, 0.1) is 78.7 Å². The summed E-state index contributed by atoms with van der Waals surface area (Å²) in [4.78, 5) is 57.7. The van der Waals surface area contributed by atoms with Gasteiger partial charge in [0.25, 0.3) is 0 Å². The van der Waals surface area contributed by atoms with Crippen molar-refractivity contribution in [3.8, 4) is 46.0 Å². The highest BCUT2D eigenvalue weighted by molar-refractivity contribution is 5.77. The SMILES string of the molecule is [2H]C([2H])([2H])Oc1cc2c(cc1OC)C1([2H])CC(OC(=O)[C@@]([2H])(N)C([2H])(C([2H])([2H])[2H])C([2H])([2H])[2H])C(CC(C)C)CN1C([2H])([2H])C2([2H])[2H].[2H]C([2H])([2H])Oc1cc2c(cc1OC)C1([2H])CC([2H])(OC(=O)[C@@]([2H])(N)C([2H])(C([2H])([2H])[2H])C([2H])([2H])[2H])C(CC(C)C)CN1C([2H])([2H])C2([2H])[2H].[2H]C1(OC(=O)[C@@]([2H])(N)C([2H])(C([2H])([2H])[2H])C([2H])([2H])[2H])CC2([2H])c3cc(OC)c(OC)cc3C([2H])([2H])C([2H])([2H])N2CC1CC(C)C.[2H]C12CC(OC(=O)[C@@]([2H])(N)C([2H])(C([2H])([2H])[2H])C([2H])([2H])[2H])C(CC(C)C)CN1C([2H])([2H])C([2H])([2H])c1cc(OC)c(OC)cc12. The van der Waals surface area contributed by atoms with E-state index in [0.29, 0.717) is 0 Å². The molecule has 0 spiro atoms. The Labute approximate surface area is 803 Å². The number of hydrogen-bond donors (Lipinski definition) is 4. The van der Waals surface area contributed by atoms with Gasteiger partial charge in [-0.3, -0.25) is 38.8 Å². The average Bonchev–Trinajstić information content (AvgIpc) is 0.677. The smallest absolute Gasteiger partial charge is 0.323 e. The molecule has 0 bridgehead atoms. The lowest BCUT2D eigenvalue weighted by Crippen LogP contribution is -2.51. The largest absolute Gasteiger partial charge is 0.493 e. The van der Waals surface area contributed by atoms with Gasteiger partial charge in [-0.25, -0.2) is 0 Å². The van der Waals surface area contributed by atoms with Crippen molar-refractivity contribution >= 4 is 23.9 Å². The maximum absolute atomic E-state index is 13.6. The number of fused-ring (bicyclic) bond motifs is 12. The molecule has 8 N–H and O–H groups in total. The topological polar surface area (TPSA) is 296 Å². The number of nitrogens with zero attached hydrogens (tertiary/aromatic N) is 4. The number of esters is 4. The number of rotatable bonds is 28. The summed E-state index contributed by atoms with van der Waals surface area (Å²) in [6.07, 6.45) is -21.5. The number of benzene rings is 4. The van der Waals surface area contributed by atoms with Crippen molar-refractivity contribution in [2.24, 2.45) is 93.9 Å². The summed E-state index contributed by atoms with van der Waals surface area (Å²) in [5.41, 5.74) is 20.8. The number of ether oxygens (including phenoxy) is 12. The molecule has 8 aliphatic rings. The molecule has 0 saturated carbocycles. The highest BCUT2D eigenvalue weighted by Gasteiger charge is 2.47. The van der Waals surface area contributed by atoms with Gasteiger partial charge in [-0.05, 0) is 191 Å². The molecular formula is C96H152N8O16. The lowest BCUT2D eigenvalue weighted by atomic mass is 9.79. The van der Waals surface area contributed by atoms with Crippen LogP contribution in [0.5, 0.6) is 46.0 Å². The molecule has 0 aromatic heterocycles. The van der Waals surface area contributed by atoms with E-state index < -0.39 is 332 Å². The van der Waals surface area contributed by atoms with E-state index in [1.165, 1.54) is 59.8 Å². The Kier molecular flexibility index (Phi) is 15.8. The van der Waals surface area contributed by atoms with Crippen molar-refractivity contribution in [1.82, 2.24) is 19.6 Å². The second-order valence-electron chi connectivity index (χ2n) is 30.9. The first-order valence-corrected chi connectivity index (χ1v) is 38.5. The standard InChI is InChI=1S/4C24H38N2O4/c4*1-14(2)9-17-13-26-8-7-16-10-21(28-5)22(29-6)11-18(16)19(26)12-20(17)30-24(27)23(25)15(3)4/h4*10-11,14-15,17,19-20,23H,7-9,12-13,25H2,1-6H3/t4*17?,19?,20?,23-/m0000/s1/i3D3,4D3,5D3,7D2,8D2,15D,19D,20D,23D;3D3,4D3,7D2,8D2,15D,19D,20D,23D;3D3,4D3,5D3,7D2,8D2,15D,19D,23D;3D3,4D3,7D2,8D2,15D,19D,23D. The molecular weight excluding hydrogens is 1520 g/mol. The predicted octanol–water partition coefficient (Wildman–Crippen LogP) is 14.3. The number of hydrogen-bond acceptors (Lipinski definition) is 24. The summed E-state index contributed by atoms with van der Waals surface area (Å²) in [5, 5.41) is 0. The van der Waals surface area contributed by atoms with Crippen LogP contribution in [0.1, 0.15) is 312 Å². The molecule has 0 aliphatic carbocycles. The highest BCUT2D eigenvalue weighted by Crippen LogP contribution is 2.50. The van der Waals surface area contributed by atoms with Gasteiger partial charge in [-0.15, -0.1) is 0 Å². The minimum atomic E-state index is -3.94. The number of nitrogens with two attached hydrogens (primary N) is 4. The zero-order valence-corrected chi connectivity index (χ0v) is 69.5. The lowest BCUT2D eigenvalue weighted by Gasteiger charge is -2.47. The fourth-order valence-electron chi connectivity index (χ4n) is 15.1. The van der Waals surface area contributed by atoms with E-state index in [4.69, 9.17) is 154 Å². The molecule has 8 aliphatic heterocycles. The van der Waals surface area contributed by atoms with Gasteiger partial charge < -0.3 is 79.8 Å². The predicted molar refractivity (Wildman–Crippen MR) is 471 cm³/mol. The quantitative estimate of drug-likeness (QED) is 0.0303. The van der Waals surface area contributed by atoms with Crippen molar-refractivity contribution in [2.75, 3.05) is 109 Å². The average molecular weight is 1730 g/mol. The molecule has 120 heavy (non-hydrogen) atoms. The first kappa shape index (κ1) is 43.2. The molecule has 4 saturated heterocycles. The van der Waals surface area contributed by atoms with Crippen LogP contribution < -0.4 is 60.8 Å². The Hall–Kier alpha value is -7.16. The molecule has 0 amide bonds. The van der Waals surface area contributed by atoms with Crippen molar-refractivity contribution in [2.45, 2.75) is 260 Å². The van der Waals surface area contributed by atoms with E-state index >= 15 is 0 Å². The van der Waals surface area contributed by atoms with Gasteiger partial charge in [-0.1, -0.05) is 110 Å². The van der Waals surface area contributed by atoms with Crippen LogP contribution >= 0.6 is 0 Å². The van der Waals surface area contributed by atoms with Gasteiger partial charge in [0, 0.05) is 186 Å². The Balaban J connectivity index is 0.000000262. The van der Waals surface area contributed by atoms with E-state index in [1.807, 2.05) is 13.8 Å². The third-order valence-electron chi connectivity index (χ3n) is 20.8. The van der Waals surface area contributed by atoms with Crippen molar-refractivity contribution in [3.05, 3.63) is 93.0 Å². The van der Waals surface area contributed by atoms with E-state index in [-0.39, 0.29) is 124 Å². The van der Waals surface area contributed by atoms with Crippen LogP contribution in [-0.2, 0) is 63.6 Å². The first-order chi connectivity index (χ1) is 80.0. The Morgan fingerprint density at radius 1 is 0.358 bits per heavy atom. The normalized spacial score (nSPS) is 41.8. The van der Waals surface area contributed by atoms with Gasteiger partial charge >= 0.3 is 23.9 Å². The van der Waals surface area contributed by atoms with Crippen LogP contribution in [0.4, 0.5) is 0 Å². The van der Waals surface area contributed by atoms with Crippen LogP contribution in [0.25, 0.3) is 0 Å². The van der Waals surface area contributed by atoms with E-state index in [0.717, 1.165) is 51.0 Å². The number of methoxy groups -OCH3 is 8. The van der Waals surface area contributed by atoms with Gasteiger partial charge in [-0.2, -0.15) is 0 Å². The molecule has 24 heteroatoms. The molecule has 4 aromatic rings. The minimum absolute atomic E-state index is 0.000900. The molecule has 16 atom stereocenters. The monoisotopic (exact) mass is 1730 g/mol. The number of carbonyl (C=O) groups is 4. The van der Waals surface area contributed by atoms with Gasteiger partial charge in [0.15, 0.2) is 46.0 Å². The maximum Gasteiger partial charge on any atom is 0.323 e. The molecule has 4 aromatic carbocycles. The third-order valence-corrected chi connectivity index (χ3v) is 20.8. The molecule has 8 heterocycles. The summed E-state index contributed by atoms with van der Waals surface area (Å²) in [6.45, 7) is -29.3. The number of piperidine rings is 4. The summed E-state index contributed by atoms with van der Waals surface area (Å²) in [7, 11) is 1.50. The third kappa shape index (κ3) is 23.8. The lowest BCUT2D eigenvalue weighted by molar-refractivity contribution is -0.161. The van der Waals surface area contributed by atoms with Crippen LogP contribution in [0.3, 0.4) is 0 Å². The fraction of sp³-hybridized carbons (Fsp3) is 0.708. The second kappa shape index (κ2) is 43.9. The number of aryl methyl sites for hydroxylation is 4. The Morgan fingerprint density at radius 2 is 0.583 bits per heavy atom. The molecule has 4 fully saturated rings. The van der Waals surface area contributed by atoms with Crippen LogP contribution in [0.15, 0.2) is 48.5 Å². The first-order valence-electron chi connectivity index (χ1n) is 68.5.